The molecule has 34 heavy (non-hydrogen) atoms. The highest BCUT2D eigenvalue weighted by Crippen LogP contribution is 2.26. The zero-order chi connectivity index (χ0) is 24.1. The maximum absolute atomic E-state index is 12.7. The zero-order valence-corrected chi connectivity index (χ0v) is 19.0. The van der Waals surface area contributed by atoms with Crippen molar-refractivity contribution in [3.05, 3.63) is 90.1 Å². The van der Waals surface area contributed by atoms with Gasteiger partial charge in [0.1, 0.15) is 5.75 Å². The van der Waals surface area contributed by atoms with E-state index in [4.69, 9.17) is 4.74 Å². The number of hydrogen-bond acceptors (Lipinski definition) is 5. The second-order valence-electron chi connectivity index (χ2n) is 7.37. The fourth-order valence-corrected chi connectivity index (χ4v) is 4.48. The van der Waals surface area contributed by atoms with Crippen LogP contribution in [0.1, 0.15) is 15.9 Å². The molecule has 0 unspecified atom stereocenters. The number of hydrazine groups is 1. The highest BCUT2D eigenvalue weighted by molar-refractivity contribution is 7.92. The number of rotatable bonds is 7. The number of aromatic nitrogens is 1. The maximum atomic E-state index is 12.7. The van der Waals surface area contributed by atoms with Crippen LogP contribution in [0.5, 0.6) is 5.75 Å². The Balaban J connectivity index is 1.36. The molecule has 1 heterocycles. The van der Waals surface area contributed by atoms with Crippen molar-refractivity contribution in [2.24, 2.45) is 0 Å². The fraction of sp³-hybridized carbons (Fsp3) is 0.0833. The van der Waals surface area contributed by atoms with Crippen LogP contribution in [0.25, 0.3) is 10.9 Å². The Morgan fingerprint density at radius 2 is 1.62 bits per heavy atom. The standard InChI is InChI=1S/C24H22N4O5S/c1-33-22-9-5-4-8-21(22)28-34(31,32)18-12-10-16(11-13-18)24(30)27-26-23(29)14-17-15-25-20-7-3-2-6-19(17)20/h2-13,15,25,28H,14H2,1H3,(H,26,29)(H,27,30). The minimum atomic E-state index is -3.90. The first kappa shape index (κ1) is 22.9. The SMILES string of the molecule is COc1ccccc1NS(=O)(=O)c1ccc(C(=O)NNC(=O)Cc2c[nH]c3ccccc23)cc1. The van der Waals surface area contributed by atoms with Crippen LogP contribution in [0.2, 0.25) is 0 Å². The van der Waals surface area contributed by atoms with E-state index in [1.54, 1.807) is 30.5 Å². The van der Waals surface area contributed by atoms with Gasteiger partial charge in [0.25, 0.3) is 15.9 Å². The molecule has 0 saturated carbocycles. The average Bonchev–Trinajstić information content (AvgIpc) is 3.25. The van der Waals surface area contributed by atoms with Crippen LogP contribution in [0, 0.1) is 0 Å². The number of anilines is 1. The van der Waals surface area contributed by atoms with Gasteiger partial charge in [0.2, 0.25) is 5.91 Å². The van der Waals surface area contributed by atoms with Crippen LogP contribution in [0.3, 0.4) is 0 Å². The minimum absolute atomic E-state index is 0.0293. The van der Waals surface area contributed by atoms with Crippen LogP contribution in [-0.2, 0) is 21.2 Å². The molecular weight excluding hydrogens is 456 g/mol. The van der Waals surface area contributed by atoms with Crippen molar-refractivity contribution in [1.29, 1.82) is 0 Å². The minimum Gasteiger partial charge on any atom is -0.495 e. The quantitative estimate of drug-likeness (QED) is 0.304. The molecule has 4 N–H and O–H groups in total. The Hall–Kier alpha value is -4.31. The molecule has 3 aromatic carbocycles. The van der Waals surface area contributed by atoms with Crippen molar-refractivity contribution in [2.45, 2.75) is 11.3 Å². The van der Waals surface area contributed by atoms with E-state index in [0.717, 1.165) is 16.5 Å². The summed E-state index contributed by atoms with van der Waals surface area (Å²) >= 11 is 0. The first-order valence-electron chi connectivity index (χ1n) is 10.3. The summed E-state index contributed by atoms with van der Waals surface area (Å²) < 4.78 is 33.0. The lowest BCUT2D eigenvalue weighted by atomic mass is 10.1. The number of hydrogen-bond donors (Lipinski definition) is 4. The predicted molar refractivity (Wildman–Crippen MR) is 128 cm³/mol. The highest BCUT2D eigenvalue weighted by atomic mass is 32.2. The van der Waals surface area contributed by atoms with Gasteiger partial charge in [0.05, 0.1) is 24.1 Å². The van der Waals surface area contributed by atoms with Gasteiger partial charge in [-0.3, -0.25) is 25.2 Å². The molecule has 0 radical (unpaired) electrons. The monoisotopic (exact) mass is 478 g/mol. The molecule has 1 aromatic heterocycles. The van der Waals surface area contributed by atoms with Gasteiger partial charge in [0, 0.05) is 22.7 Å². The van der Waals surface area contributed by atoms with Crippen molar-refractivity contribution in [3.8, 4) is 5.75 Å². The number of aromatic amines is 1. The van der Waals surface area contributed by atoms with Crippen LogP contribution in [0.15, 0.2) is 83.9 Å². The van der Waals surface area contributed by atoms with E-state index in [0.29, 0.717) is 11.4 Å². The lowest BCUT2D eigenvalue weighted by Gasteiger charge is -2.12. The van der Waals surface area contributed by atoms with Gasteiger partial charge < -0.3 is 9.72 Å². The number of para-hydroxylation sites is 3. The fourth-order valence-electron chi connectivity index (χ4n) is 3.41. The number of nitrogens with one attached hydrogen (secondary N) is 4. The molecule has 0 fully saturated rings. The molecule has 0 aliphatic heterocycles. The second-order valence-corrected chi connectivity index (χ2v) is 9.05. The summed E-state index contributed by atoms with van der Waals surface area (Å²) in [5.74, 6) is -0.585. The van der Waals surface area contributed by atoms with Gasteiger partial charge in [-0.15, -0.1) is 0 Å². The van der Waals surface area contributed by atoms with E-state index in [-0.39, 0.29) is 16.9 Å². The van der Waals surface area contributed by atoms with Crippen LogP contribution in [-0.4, -0.2) is 32.3 Å². The van der Waals surface area contributed by atoms with Crippen LogP contribution in [0.4, 0.5) is 5.69 Å². The second kappa shape index (κ2) is 9.67. The first-order chi connectivity index (χ1) is 16.4. The van der Waals surface area contributed by atoms with Gasteiger partial charge in [-0.05, 0) is 48.0 Å². The van der Waals surface area contributed by atoms with Gasteiger partial charge in [-0.25, -0.2) is 8.42 Å². The third-order valence-electron chi connectivity index (χ3n) is 5.12. The molecule has 0 spiro atoms. The zero-order valence-electron chi connectivity index (χ0n) is 18.2. The molecule has 0 aliphatic carbocycles. The molecule has 0 aliphatic rings. The van der Waals surface area contributed by atoms with E-state index in [2.05, 4.69) is 20.6 Å². The Bertz CT molecular complexity index is 1450. The number of ether oxygens (including phenoxy) is 1. The van der Waals surface area contributed by atoms with Gasteiger partial charge in [-0.2, -0.15) is 0 Å². The summed E-state index contributed by atoms with van der Waals surface area (Å²) in [7, 11) is -2.45. The Kier molecular flexibility index (Phi) is 6.51. The summed E-state index contributed by atoms with van der Waals surface area (Å²) in [6.45, 7) is 0. The van der Waals surface area contributed by atoms with Crippen molar-refractivity contribution < 1.29 is 22.7 Å². The molecule has 2 amide bonds. The number of carbonyl (C=O) groups excluding carboxylic acids is 2. The summed E-state index contributed by atoms with van der Waals surface area (Å²) in [5.41, 5.74) is 6.93. The molecule has 10 heteroatoms. The smallest absolute Gasteiger partial charge is 0.269 e. The van der Waals surface area contributed by atoms with Crippen molar-refractivity contribution in [1.82, 2.24) is 15.8 Å². The lowest BCUT2D eigenvalue weighted by Crippen LogP contribution is -2.42. The molecule has 174 valence electrons. The maximum Gasteiger partial charge on any atom is 0.269 e. The number of amides is 2. The largest absolute Gasteiger partial charge is 0.495 e. The number of methoxy groups -OCH3 is 1. The molecular formula is C24H22N4O5S. The van der Waals surface area contributed by atoms with E-state index in [1.165, 1.54) is 31.4 Å². The Morgan fingerprint density at radius 3 is 2.38 bits per heavy atom. The summed E-state index contributed by atoms with van der Waals surface area (Å²) in [4.78, 5) is 27.7. The topological polar surface area (TPSA) is 129 Å². The van der Waals surface area contributed by atoms with Crippen molar-refractivity contribution in [3.63, 3.8) is 0 Å². The van der Waals surface area contributed by atoms with Crippen LogP contribution < -0.4 is 20.3 Å². The predicted octanol–water partition coefficient (Wildman–Crippen LogP) is 2.98. The van der Waals surface area contributed by atoms with Gasteiger partial charge >= 0.3 is 0 Å². The summed E-state index contributed by atoms with van der Waals surface area (Å²) in [5, 5.41) is 0.933. The number of benzene rings is 3. The molecule has 0 atom stereocenters. The summed E-state index contributed by atoms with van der Waals surface area (Å²) in [6, 6.07) is 19.6. The molecule has 0 saturated heterocycles. The highest BCUT2D eigenvalue weighted by Gasteiger charge is 2.17. The van der Waals surface area contributed by atoms with Crippen molar-refractivity contribution in [2.75, 3.05) is 11.8 Å². The molecule has 9 nitrogen and oxygen atoms in total. The van der Waals surface area contributed by atoms with Crippen LogP contribution >= 0.6 is 0 Å². The Morgan fingerprint density at radius 1 is 0.912 bits per heavy atom. The Labute approximate surface area is 196 Å². The van der Waals surface area contributed by atoms with Crippen molar-refractivity contribution >= 4 is 38.4 Å². The van der Waals surface area contributed by atoms with E-state index in [9.17, 15) is 18.0 Å². The normalized spacial score (nSPS) is 11.1. The van der Waals surface area contributed by atoms with Gasteiger partial charge in [0.15, 0.2) is 0 Å². The lowest BCUT2D eigenvalue weighted by molar-refractivity contribution is -0.121. The van der Waals surface area contributed by atoms with Gasteiger partial charge in [-0.1, -0.05) is 30.3 Å². The number of carbonyl (C=O) groups is 2. The molecule has 0 bridgehead atoms. The third kappa shape index (κ3) is 5.02. The summed E-state index contributed by atoms with van der Waals surface area (Å²) in [6.07, 6.45) is 1.83. The number of H-pyrrole nitrogens is 1. The average molecular weight is 479 g/mol. The van der Waals surface area contributed by atoms with E-state index < -0.39 is 21.8 Å². The number of fused-ring (bicyclic) bond motifs is 1. The van der Waals surface area contributed by atoms with E-state index in [1.807, 2.05) is 24.3 Å². The number of sulfonamides is 1. The first-order valence-corrected chi connectivity index (χ1v) is 11.8. The van der Waals surface area contributed by atoms with E-state index >= 15 is 0 Å². The molecule has 4 aromatic rings. The third-order valence-corrected chi connectivity index (χ3v) is 6.50. The molecule has 4 rings (SSSR count).